The maximum Gasteiger partial charge on any atom is 0.433 e. The van der Waals surface area contributed by atoms with Gasteiger partial charge in [-0.3, -0.25) is 0 Å². The molecule has 0 radical (unpaired) electrons. The second kappa shape index (κ2) is 5.66. The summed E-state index contributed by atoms with van der Waals surface area (Å²) < 4.78 is 40.1. The largest absolute Gasteiger partial charge is 0.433 e. The van der Waals surface area contributed by atoms with Crippen molar-refractivity contribution >= 4 is 28.2 Å². The molecule has 1 aliphatic carbocycles. The van der Waals surface area contributed by atoms with Crippen LogP contribution >= 0.6 is 11.6 Å². The van der Waals surface area contributed by atoms with Crippen LogP contribution in [-0.2, 0) is 6.18 Å². The Morgan fingerprint density at radius 1 is 1.07 bits per heavy atom. The summed E-state index contributed by atoms with van der Waals surface area (Å²) >= 11 is 6.12. The van der Waals surface area contributed by atoms with Crippen LogP contribution in [0.25, 0.3) is 16.6 Å². The first-order chi connectivity index (χ1) is 12.9. The van der Waals surface area contributed by atoms with Gasteiger partial charge in [-0.25, -0.2) is 14.5 Å². The molecule has 27 heavy (non-hydrogen) atoms. The fraction of sp³-hybridized carbons (Fsp3) is 0.211. The standard InChI is InChI=1S/C19H12ClF3N4/c20-17-9-14(18-24-5-6-27(18)26-17)13-8-12(13)10-1-3-15-11(7-10)2-4-16(25-15)19(21,22)23/h1-7,9,12-13H,8H2/t12?,13-/m0/s1. The van der Waals surface area contributed by atoms with E-state index < -0.39 is 11.9 Å². The van der Waals surface area contributed by atoms with E-state index in [0.717, 1.165) is 29.3 Å². The van der Waals surface area contributed by atoms with Crippen LogP contribution in [0.15, 0.2) is 48.8 Å². The number of fused-ring (bicyclic) bond motifs is 2. The second-order valence-electron chi connectivity index (χ2n) is 6.71. The minimum atomic E-state index is -4.44. The van der Waals surface area contributed by atoms with E-state index >= 15 is 0 Å². The van der Waals surface area contributed by atoms with Crippen LogP contribution in [0.2, 0.25) is 5.15 Å². The maximum absolute atomic E-state index is 12.8. The normalized spacial score (nSPS) is 19.7. The molecule has 8 heteroatoms. The van der Waals surface area contributed by atoms with Gasteiger partial charge in [0.05, 0.1) is 5.52 Å². The minimum absolute atomic E-state index is 0.259. The number of hydrogen-bond acceptors (Lipinski definition) is 3. The molecule has 136 valence electrons. The van der Waals surface area contributed by atoms with Gasteiger partial charge in [-0.2, -0.15) is 18.3 Å². The van der Waals surface area contributed by atoms with Crippen molar-refractivity contribution < 1.29 is 13.2 Å². The fourth-order valence-corrected chi connectivity index (χ4v) is 3.82. The summed E-state index contributed by atoms with van der Waals surface area (Å²) in [7, 11) is 0. The molecule has 0 spiro atoms. The average Bonchev–Trinajstić information content (AvgIpc) is 3.29. The number of rotatable bonds is 2. The first kappa shape index (κ1) is 16.5. The van der Waals surface area contributed by atoms with Gasteiger partial charge in [0.2, 0.25) is 0 Å². The highest BCUT2D eigenvalue weighted by Crippen LogP contribution is 2.55. The Morgan fingerprint density at radius 2 is 1.93 bits per heavy atom. The third-order valence-electron chi connectivity index (χ3n) is 4.98. The highest BCUT2D eigenvalue weighted by molar-refractivity contribution is 6.29. The van der Waals surface area contributed by atoms with Gasteiger partial charge in [0.15, 0.2) is 5.65 Å². The molecule has 0 aliphatic heterocycles. The highest BCUT2D eigenvalue weighted by Gasteiger charge is 2.41. The lowest BCUT2D eigenvalue weighted by Gasteiger charge is -2.08. The van der Waals surface area contributed by atoms with E-state index in [-0.39, 0.29) is 11.8 Å². The lowest BCUT2D eigenvalue weighted by atomic mass is 10.0. The monoisotopic (exact) mass is 388 g/mol. The molecular formula is C19H12ClF3N4. The van der Waals surface area contributed by atoms with E-state index in [4.69, 9.17) is 11.6 Å². The van der Waals surface area contributed by atoms with Gasteiger partial charge in [-0.1, -0.05) is 23.7 Å². The van der Waals surface area contributed by atoms with E-state index in [2.05, 4.69) is 15.1 Å². The van der Waals surface area contributed by atoms with Crippen molar-refractivity contribution in [1.29, 1.82) is 0 Å². The van der Waals surface area contributed by atoms with Gasteiger partial charge in [-0.15, -0.1) is 0 Å². The van der Waals surface area contributed by atoms with Gasteiger partial charge >= 0.3 is 6.18 Å². The Morgan fingerprint density at radius 3 is 2.74 bits per heavy atom. The summed E-state index contributed by atoms with van der Waals surface area (Å²) in [4.78, 5) is 8.08. The van der Waals surface area contributed by atoms with Crippen molar-refractivity contribution in [3.05, 3.63) is 70.8 Å². The van der Waals surface area contributed by atoms with Crippen molar-refractivity contribution in [2.45, 2.75) is 24.4 Å². The highest BCUT2D eigenvalue weighted by atomic mass is 35.5. The summed E-state index contributed by atoms with van der Waals surface area (Å²) in [6, 6.07) is 9.76. The first-order valence-corrected chi connectivity index (χ1v) is 8.75. The molecule has 0 saturated heterocycles. The average molecular weight is 389 g/mol. The van der Waals surface area contributed by atoms with E-state index in [0.29, 0.717) is 16.1 Å². The molecule has 1 aromatic carbocycles. The Bertz CT molecular complexity index is 1180. The molecule has 4 aromatic rings. The molecular weight excluding hydrogens is 377 g/mol. The Labute approximate surface area is 156 Å². The molecule has 0 bridgehead atoms. The fourth-order valence-electron chi connectivity index (χ4n) is 3.62. The molecule has 4 nitrogen and oxygen atoms in total. The maximum atomic E-state index is 12.8. The Balaban J connectivity index is 1.49. The van der Waals surface area contributed by atoms with Crippen LogP contribution in [0.5, 0.6) is 0 Å². The number of alkyl halides is 3. The van der Waals surface area contributed by atoms with E-state index in [9.17, 15) is 13.2 Å². The van der Waals surface area contributed by atoms with Crippen LogP contribution in [0, 0.1) is 0 Å². The van der Waals surface area contributed by atoms with Crippen molar-refractivity contribution in [1.82, 2.24) is 19.6 Å². The van der Waals surface area contributed by atoms with E-state index in [1.807, 2.05) is 18.2 Å². The van der Waals surface area contributed by atoms with Gasteiger partial charge in [0.25, 0.3) is 0 Å². The number of hydrogen-bond donors (Lipinski definition) is 0. The van der Waals surface area contributed by atoms with Crippen molar-refractivity contribution in [2.24, 2.45) is 0 Å². The zero-order valence-electron chi connectivity index (χ0n) is 13.8. The molecule has 0 amide bonds. The zero-order valence-corrected chi connectivity index (χ0v) is 14.5. The molecule has 5 rings (SSSR count). The molecule has 1 saturated carbocycles. The van der Waals surface area contributed by atoms with Gasteiger partial charge < -0.3 is 0 Å². The van der Waals surface area contributed by atoms with Crippen LogP contribution in [0.4, 0.5) is 13.2 Å². The van der Waals surface area contributed by atoms with E-state index in [1.54, 1.807) is 23.0 Å². The van der Waals surface area contributed by atoms with Crippen molar-refractivity contribution in [2.75, 3.05) is 0 Å². The topological polar surface area (TPSA) is 43.1 Å². The number of halogens is 4. The third-order valence-corrected chi connectivity index (χ3v) is 5.16. The number of imidazole rings is 1. The molecule has 1 unspecified atom stereocenters. The van der Waals surface area contributed by atoms with Gasteiger partial charge in [0.1, 0.15) is 10.8 Å². The SMILES string of the molecule is FC(F)(F)c1ccc2cc(C3C[C@@H]3c3cc(Cl)nn4ccnc34)ccc2n1. The lowest BCUT2D eigenvalue weighted by Crippen LogP contribution is -2.07. The first-order valence-electron chi connectivity index (χ1n) is 8.38. The van der Waals surface area contributed by atoms with Crippen LogP contribution in [-0.4, -0.2) is 19.6 Å². The van der Waals surface area contributed by atoms with E-state index in [1.165, 1.54) is 6.07 Å². The molecule has 2 atom stereocenters. The van der Waals surface area contributed by atoms with Gasteiger partial charge in [0, 0.05) is 23.3 Å². The minimum Gasteiger partial charge on any atom is -0.243 e. The smallest absolute Gasteiger partial charge is 0.243 e. The van der Waals surface area contributed by atoms with Gasteiger partial charge in [-0.05, 0) is 48.1 Å². The zero-order chi connectivity index (χ0) is 18.8. The summed E-state index contributed by atoms with van der Waals surface area (Å²) in [5.41, 5.74) is 2.36. The molecule has 3 heterocycles. The number of benzene rings is 1. The van der Waals surface area contributed by atoms with Crippen molar-refractivity contribution in [3.8, 4) is 0 Å². The Hall–Kier alpha value is -2.67. The molecule has 1 aliphatic rings. The number of aromatic nitrogens is 4. The molecule has 0 N–H and O–H groups in total. The molecule has 3 aromatic heterocycles. The number of pyridine rings is 1. The predicted octanol–water partition coefficient (Wildman–Crippen LogP) is 5.22. The lowest BCUT2D eigenvalue weighted by molar-refractivity contribution is -0.140. The summed E-state index contributed by atoms with van der Waals surface area (Å²) in [6.45, 7) is 0. The predicted molar refractivity (Wildman–Crippen MR) is 94.8 cm³/mol. The van der Waals surface area contributed by atoms with Crippen LogP contribution in [0.3, 0.4) is 0 Å². The Kier molecular flexibility index (Phi) is 3.46. The third kappa shape index (κ3) is 2.82. The quantitative estimate of drug-likeness (QED) is 0.473. The summed E-state index contributed by atoms with van der Waals surface area (Å²) in [5, 5.41) is 5.30. The number of nitrogens with zero attached hydrogens (tertiary/aromatic N) is 4. The summed E-state index contributed by atoms with van der Waals surface area (Å²) in [5.74, 6) is 0.533. The summed E-state index contributed by atoms with van der Waals surface area (Å²) in [6.07, 6.45) is -0.0748. The molecule has 1 fully saturated rings. The van der Waals surface area contributed by atoms with Crippen LogP contribution in [0.1, 0.15) is 35.1 Å². The van der Waals surface area contributed by atoms with Crippen molar-refractivity contribution in [3.63, 3.8) is 0 Å². The second-order valence-corrected chi connectivity index (χ2v) is 7.10. The van der Waals surface area contributed by atoms with Crippen LogP contribution < -0.4 is 0 Å².